The number of carbonyl (C=O) groups excluding carboxylic acids is 2. The molecule has 0 spiro atoms. The molecule has 1 aromatic heterocycles. The summed E-state index contributed by atoms with van der Waals surface area (Å²) in [5.74, 6) is -1.13. The van der Waals surface area contributed by atoms with Gasteiger partial charge in [0.2, 0.25) is 0 Å². The zero-order valence-electron chi connectivity index (χ0n) is 18.7. The first kappa shape index (κ1) is 23.2. The van der Waals surface area contributed by atoms with Gasteiger partial charge in [-0.15, -0.1) is 0 Å². The van der Waals surface area contributed by atoms with Gasteiger partial charge in [-0.2, -0.15) is 0 Å². The zero-order chi connectivity index (χ0) is 24.3. The number of aromatic amines is 1. The van der Waals surface area contributed by atoms with Crippen LogP contribution in [-0.4, -0.2) is 39.8 Å². The molecule has 0 aliphatic carbocycles. The van der Waals surface area contributed by atoms with E-state index in [1.54, 1.807) is 74.5 Å². The zero-order valence-corrected chi connectivity index (χ0v) is 18.7. The maximum absolute atomic E-state index is 12.8. The number of nitrogens with zero attached hydrogens (tertiary/aromatic N) is 1. The number of hydrogen-bond acceptors (Lipinski definition) is 7. The summed E-state index contributed by atoms with van der Waals surface area (Å²) in [6, 6.07) is 16.9. The number of nitrogens with one attached hydrogen (secondary N) is 1. The Morgan fingerprint density at radius 1 is 1.03 bits per heavy atom. The maximum Gasteiger partial charge on any atom is 0.338 e. The van der Waals surface area contributed by atoms with E-state index in [9.17, 15) is 19.2 Å². The molecule has 34 heavy (non-hydrogen) atoms. The minimum atomic E-state index is -1.22. The first-order chi connectivity index (χ1) is 16.3. The quantitative estimate of drug-likeness (QED) is 0.558. The highest BCUT2D eigenvalue weighted by molar-refractivity contribution is 5.90. The number of esters is 2. The van der Waals surface area contributed by atoms with E-state index in [0.29, 0.717) is 16.7 Å². The van der Waals surface area contributed by atoms with Crippen LogP contribution in [0, 0.1) is 6.92 Å². The van der Waals surface area contributed by atoms with Gasteiger partial charge in [0.05, 0.1) is 11.1 Å². The molecule has 0 saturated carbocycles. The third-order valence-corrected chi connectivity index (χ3v) is 5.75. The van der Waals surface area contributed by atoms with Crippen LogP contribution in [0.1, 0.15) is 45.9 Å². The summed E-state index contributed by atoms with van der Waals surface area (Å²) in [5.41, 5.74) is -1.33. The number of rotatable bonds is 6. The Hall–Kier alpha value is -3.98. The SMILES string of the molecule is Cc1cn([C@H]2C[C@@](C)(OC(=O)c3ccccc3)[C@@H](COC(=O)c3ccccc3)O2)c(=O)[nH]c1=O. The van der Waals surface area contributed by atoms with Crippen LogP contribution in [0.5, 0.6) is 0 Å². The average molecular weight is 464 g/mol. The van der Waals surface area contributed by atoms with Crippen LogP contribution in [0.15, 0.2) is 76.4 Å². The summed E-state index contributed by atoms with van der Waals surface area (Å²) >= 11 is 0. The third kappa shape index (κ3) is 4.84. The van der Waals surface area contributed by atoms with E-state index in [2.05, 4.69) is 4.98 Å². The highest BCUT2D eigenvalue weighted by Gasteiger charge is 2.50. The lowest BCUT2D eigenvalue weighted by atomic mass is 9.97. The molecule has 1 aliphatic heterocycles. The molecule has 176 valence electrons. The Morgan fingerprint density at radius 2 is 1.62 bits per heavy atom. The molecular formula is C25H24N2O7. The number of H-pyrrole nitrogens is 1. The molecule has 1 aliphatic rings. The largest absolute Gasteiger partial charge is 0.459 e. The van der Waals surface area contributed by atoms with Crippen molar-refractivity contribution < 1.29 is 23.8 Å². The lowest BCUT2D eigenvalue weighted by Crippen LogP contribution is -2.43. The second-order valence-electron chi connectivity index (χ2n) is 8.29. The minimum Gasteiger partial charge on any atom is -0.459 e. The Labute approximate surface area is 194 Å². The highest BCUT2D eigenvalue weighted by Crippen LogP contribution is 2.39. The molecule has 0 radical (unpaired) electrons. The summed E-state index contributed by atoms with van der Waals surface area (Å²) in [7, 11) is 0. The van der Waals surface area contributed by atoms with Crippen molar-refractivity contribution >= 4 is 11.9 Å². The summed E-state index contributed by atoms with van der Waals surface area (Å²) in [6.07, 6.45) is -0.220. The number of benzene rings is 2. The van der Waals surface area contributed by atoms with Gasteiger partial charge in [0.15, 0.2) is 0 Å². The van der Waals surface area contributed by atoms with E-state index < -0.39 is 41.1 Å². The maximum atomic E-state index is 12.8. The van der Waals surface area contributed by atoms with Gasteiger partial charge in [0.25, 0.3) is 5.56 Å². The van der Waals surface area contributed by atoms with Crippen LogP contribution >= 0.6 is 0 Å². The smallest absolute Gasteiger partial charge is 0.338 e. The molecule has 1 N–H and O–H groups in total. The normalized spacial score (nSPS) is 21.7. The average Bonchev–Trinajstić information content (AvgIpc) is 3.16. The molecule has 9 heteroatoms. The first-order valence-electron chi connectivity index (χ1n) is 10.7. The van der Waals surface area contributed by atoms with Gasteiger partial charge in [-0.3, -0.25) is 14.3 Å². The molecule has 9 nitrogen and oxygen atoms in total. The Balaban J connectivity index is 1.59. The van der Waals surface area contributed by atoms with Crippen LogP contribution in [0.3, 0.4) is 0 Å². The molecule has 2 aromatic carbocycles. The number of hydrogen-bond donors (Lipinski definition) is 1. The second-order valence-corrected chi connectivity index (χ2v) is 8.29. The number of aryl methyl sites for hydroxylation is 1. The fourth-order valence-corrected chi connectivity index (χ4v) is 3.80. The lowest BCUT2D eigenvalue weighted by Gasteiger charge is -2.29. The van der Waals surface area contributed by atoms with Gasteiger partial charge < -0.3 is 14.2 Å². The number of carbonyl (C=O) groups is 2. The van der Waals surface area contributed by atoms with E-state index in [-0.39, 0.29) is 13.0 Å². The van der Waals surface area contributed by atoms with Crippen molar-refractivity contribution in [2.45, 2.75) is 38.2 Å². The van der Waals surface area contributed by atoms with Gasteiger partial charge in [0.1, 0.15) is 24.5 Å². The predicted molar refractivity (Wildman–Crippen MR) is 122 cm³/mol. The Bertz CT molecular complexity index is 1300. The van der Waals surface area contributed by atoms with Crippen molar-refractivity contribution in [2.24, 2.45) is 0 Å². The van der Waals surface area contributed by atoms with Crippen LogP contribution < -0.4 is 11.2 Å². The molecule has 3 aromatic rings. The third-order valence-electron chi connectivity index (χ3n) is 5.75. The number of ether oxygens (including phenoxy) is 3. The van der Waals surface area contributed by atoms with Crippen LogP contribution in [0.25, 0.3) is 0 Å². The van der Waals surface area contributed by atoms with Gasteiger partial charge in [0, 0.05) is 18.2 Å². The Kier molecular flexibility index (Phi) is 6.47. The van der Waals surface area contributed by atoms with Gasteiger partial charge in [-0.05, 0) is 38.1 Å². The summed E-state index contributed by atoms with van der Waals surface area (Å²) in [6.45, 7) is 3.02. The Morgan fingerprint density at radius 3 is 2.24 bits per heavy atom. The van der Waals surface area contributed by atoms with Crippen molar-refractivity contribution in [3.63, 3.8) is 0 Å². The summed E-state index contributed by atoms with van der Waals surface area (Å²) in [5, 5.41) is 0. The highest BCUT2D eigenvalue weighted by atomic mass is 16.6. The molecule has 1 saturated heterocycles. The van der Waals surface area contributed by atoms with Gasteiger partial charge in [-0.25, -0.2) is 14.4 Å². The van der Waals surface area contributed by atoms with Gasteiger partial charge in [-0.1, -0.05) is 36.4 Å². The van der Waals surface area contributed by atoms with E-state index in [4.69, 9.17) is 14.2 Å². The summed E-state index contributed by atoms with van der Waals surface area (Å²) < 4.78 is 18.6. The van der Waals surface area contributed by atoms with E-state index in [0.717, 1.165) is 0 Å². The molecule has 0 unspecified atom stereocenters. The molecule has 1 fully saturated rings. The predicted octanol–water partition coefficient (Wildman–Crippen LogP) is 2.61. The summed E-state index contributed by atoms with van der Waals surface area (Å²) in [4.78, 5) is 51.7. The van der Waals surface area contributed by atoms with Crippen molar-refractivity contribution in [1.82, 2.24) is 9.55 Å². The monoisotopic (exact) mass is 464 g/mol. The lowest BCUT2D eigenvalue weighted by molar-refractivity contribution is -0.0877. The van der Waals surface area contributed by atoms with Crippen molar-refractivity contribution in [1.29, 1.82) is 0 Å². The van der Waals surface area contributed by atoms with E-state index in [1.807, 2.05) is 0 Å². The molecular weight excluding hydrogens is 440 g/mol. The van der Waals surface area contributed by atoms with Crippen molar-refractivity contribution in [3.8, 4) is 0 Å². The minimum absolute atomic E-state index is 0.102. The van der Waals surface area contributed by atoms with E-state index in [1.165, 1.54) is 10.8 Å². The van der Waals surface area contributed by atoms with Gasteiger partial charge >= 0.3 is 17.6 Å². The molecule has 0 bridgehead atoms. The topological polar surface area (TPSA) is 117 Å². The molecule has 4 rings (SSSR count). The van der Waals surface area contributed by atoms with Crippen molar-refractivity contribution in [3.05, 3.63) is 104 Å². The van der Waals surface area contributed by atoms with E-state index >= 15 is 0 Å². The second kappa shape index (κ2) is 9.48. The fraction of sp³-hybridized carbons (Fsp3) is 0.280. The first-order valence-corrected chi connectivity index (χ1v) is 10.7. The van der Waals surface area contributed by atoms with Crippen LogP contribution in [0.2, 0.25) is 0 Å². The fourth-order valence-electron chi connectivity index (χ4n) is 3.80. The van der Waals surface area contributed by atoms with Crippen LogP contribution in [-0.2, 0) is 14.2 Å². The molecule has 3 atom stereocenters. The standard InChI is InChI=1S/C25H24N2O7/c1-16-14-27(24(31)26-21(16)28)20-13-25(2,34-23(30)18-11-7-4-8-12-18)19(33-20)15-32-22(29)17-9-5-3-6-10-17/h3-12,14,19-20H,13,15H2,1-2H3,(H,26,28,31)/t19-,20-,25-/m1/s1. The molecule has 0 amide bonds. The van der Waals surface area contributed by atoms with Crippen LogP contribution in [0.4, 0.5) is 0 Å². The molecule has 2 heterocycles. The number of aromatic nitrogens is 2. The van der Waals surface area contributed by atoms with Crippen molar-refractivity contribution in [2.75, 3.05) is 6.61 Å².